The number of anilines is 1. The Hall–Kier alpha value is -2.30. The maximum Gasteiger partial charge on any atom is 0.356 e. The Morgan fingerprint density at radius 2 is 2.29 bits per heavy atom. The molecule has 0 atom stereocenters. The molecule has 3 N–H and O–H groups in total. The van der Waals surface area contributed by atoms with Gasteiger partial charge in [-0.3, -0.25) is 5.10 Å². The van der Waals surface area contributed by atoms with E-state index in [0.29, 0.717) is 23.7 Å². The number of carbonyl (C=O) groups excluding carboxylic acids is 1. The summed E-state index contributed by atoms with van der Waals surface area (Å²) in [5.74, 6) is -0.407. The first-order chi connectivity index (χ1) is 8.20. The number of hydrogen-bond donors (Lipinski definition) is 2. The molecule has 1 aromatic carbocycles. The summed E-state index contributed by atoms with van der Waals surface area (Å²) in [4.78, 5) is 11.4. The van der Waals surface area contributed by atoms with Gasteiger partial charge in [-0.15, -0.1) is 0 Å². The van der Waals surface area contributed by atoms with E-state index in [-0.39, 0.29) is 0 Å². The van der Waals surface area contributed by atoms with E-state index in [9.17, 15) is 4.79 Å². The fourth-order valence-corrected chi connectivity index (χ4v) is 1.48. The van der Waals surface area contributed by atoms with Crippen molar-refractivity contribution in [1.82, 2.24) is 10.2 Å². The molecule has 0 saturated carbocycles. The molecule has 5 nitrogen and oxygen atoms in total. The van der Waals surface area contributed by atoms with Gasteiger partial charge in [0.2, 0.25) is 0 Å². The van der Waals surface area contributed by atoms with E-state index in [2.05, 4.69) is 10.2 Å². The predicted octanol–water partition coefficient (Wildman–Crippen LogP) is 1.84. The van der Waals surface area contributed by atoms with Gasteiger partial charge in [-0.1, -0.05) is 12.1 Å². The van der Waals surface area contributed by atoms with E-state index in [1.165, 1.54) is 0 Å². The van der Waals surface area contributed by atoms with Crippen LogP contribution in [0.5, 0.6) is 0 Å². The monoisotopic (exact) mass is 231 g/mol. The lowest BCUT2D eigenvalue weighted by molar-refractivity contribution is 0.0519. The van der Waals surface area contributed by atoms with Crippen molar-refractivity contribution < 1.29 is 9.53 Å². The van der Waals surface area contributed by atoms with E-state index in [4.69, 9.17) is 10.5 Å². The average Bonchev–Trinajstić information content (AvgIpc) is 2.78. The largest absolute Gasteiger partial charge is 0.461 e. The van der Waals surface area contributed by atoms with Crippen LogP contribution in [0, 0.1) is 0 Å². The molecule has 0 fully saturated rings. The van der Waals surface area contributed by atoms with Crippen LogP contribution >= 0.6 is 0 Å². The maximum absolute atomic E-state index is 11.4. The number of hydrogen-bond acceptors (Lipinski definition) is 4. The zero-order valence-corrected chi connectivity index (χ0v) is 9.43. The number of benzene rings is 1. The van der Waals surface area contributed by atoms with Crippen molar-refractivity contribution in [2.45, 2.75) is 6.92 Å². The van der Waals surface area contributed by atoms with Crippen molar-refractivity contribution in [3.05, 3.63) is 36.0 Å². The van der Waals surface area contributed by atoms with Gasteiger partial charge in [0.05, 0.1) is 12.3 Å². The molecular formula is C12H13N3O2. The van der Waals surface area contributed by atoms with E-state index < -0.39 is 5.97 Å². The highest BCUT2D eigenvalue weighted by atomic mass is 16.5. The summed E-state index contributed by atoms with van der Waals surface area (Å²) in [7, 11) is 0. The van der Waals surface area contributed by atoms with E-state index in [0.717, 1.165) is 5.56 Å². The summed E-state index contributed by atoms with van der Waals surface area (Å²) < 4.78 is 4.87. The molecular weight excluding hydrogens is 218 g/mol. The Morgan fingerprint density at radius 3 is 3.00 bits per heavy atom. The molecule has 88 valence electrons. The number of aromatic nitrogens is 2. The Balaban J connectivity index is 2.27. The van der Waals surface area contributed by atoms with Crippen LogP contribution in [-0.2, 0) is 4.74 Å². The van der Waals surface area contributed by atoms with Crippen LogP contribution in [0.25, 0.3) is 11.3 Å². The third-order valence-electron chi connectivity index (χ3n) is 2.26. The van der Waals surface area contributed by atoms with E-state index in [1.807, 2.05) is 12.1 Å². The average molecular weight is 231 g/mol. The molecule has 0 unspecified atom stereocenters. The number of aromatic amines is 1. The van der Waals surface area contributed by atoms with Crippen molar-refractivity contribution in [3.63, 3.8) is 0 Å². The molecule has 5 heteroatoms. The first-order valence-corrected chi connectivity index (χ1v) is 5.29. The number of rotatable bonds is 3. The van der Waals surface area contributed by atoms with Crippen molar-refractivity contribution in [1.29, 1.82) is 0 Å². The number of carbonyl (C=O) groups is 1. The molecule has 0 radical (unpaired) electrons. The molecule has 17 heavy (non-hydrogen) atoms. The molecule has 1 heterocycles. The van der Waals surface area contributed by atoms with Crippen LogP contribution in [0.3, 0.4) is 0 Å². The highest BCUT2D eigenvalue weighted by Crippen LogP contribution is 2.20. The Kier molecular flexibility index (Phi) is 3.09. The van der Waals surface area contributed by atoms with Crippen molar-refractivity contribution in [3.8, 4) is 11.3 Å². The van der Waals surface area contributed by atoms with Crippen molar-refractivity contribution >= 4 is 11.7 Å². The highest BCUT2D eigenvalue weighted by Gasteiger charge is 2.11. The number of nitrogens with one attached hydrogen (secondary N) is 1. The summed E-state index contributed by atoms with van der Waals surface area (Å²) in [6, 6.07) is 8.95. The van der Waals surface area contributed by atoms with Gasteiger partial charge >= 0.3 is 5.97 Å². The second-order valence-electron chi connectivity index (χ2n) is 3.51. The lowest BCUT2D eigenvalue weighted by atomic mass is 10.1. The molecule has 0 spiro atoms. The zero-order valence-electron chi connectivity index (χ0n) is 9.43. The van der Waals surface area contributed by atoms with Gasteiger partial charge < -0.3 is 10.5 Å². The summed E-state index contributed by atoms with van der Waals surface area (Å²) in [5, 5.41) is 6.69. The third-order valence-corrected chi connectivity index (χ3v) is 2.26. The van der Waals surface area contributed by atoms with Gasteiger partial charge in [-0.2, -0.15) is 5.10 Å². The van der Waals surface area contributed by atoms with Crippen LogP contribution in [0.4, 0.5) is 5.69 Å². The molecule has 0 aliphatic carbocycles. The number of H-pyrrole nitrogens is 1. The number of nitrogen functional groups attached to an aromatic ring is 1. The topological polar surface area (TPSA) is 81.0 Å². The number of esters is 1. The first-order valence-electron chi connectivity index (χ1n) is 5.29. The summed E-state index contributed by atoms with van der Waals surface area (Å²) >= 11 is 0. The zero-order chi connectivity index (χ0) is 12.3. The van der Waals surface area contributed by atoms with Gasteiger partial charge in [0.1, 0.15) is 5.69 Å². The maximum atomic E-state index is 11.4. The Labute approximate surface area is 98.6 Å². The molecule has 0 aliphatic heterocycles. The first kappa shape index (κ1) is 11.2. The highest BCUT2D eigenvalue weighted by molar-refractivity contribution is 5.88. The number of ether oxygens (including phenoxy) is 1. The van der Waals surface area contributed by atoms with Crippen LogP contribution in [0.15, 0.2) is 30.3 Å². The quantitative estimate of drug-likeness (QED) is 0.623. The van der Waals surface area contributed by atoms with Crippen LogP contribution < -0.4 is 5.73 Å². The summed E-state index contributed by atoms with van der Waals surface area (Å²) in [5.41, 5.74) is 8.20. The normalized spacial score (nSPS) is 10.2. The minimum Gasteiger partial charge on any atom is -0.461 e. The Bertz CT molecular complexity index is 534. The SMILES string of the molecule is CCOC(=O)c1cc(-c2cccc(N)c2)n[nH]1. The molecule has 0 amide bonds. The molecule has 0 saturated heterocycles. The van der Waals surface area contributed by atoms with Gasteiger partial charge in [0, 0.05) is 11.3 Å². The van der Waals surface area contributed by atoms with Crippen LogP contribution in [0.1, 0.15) is 17.4 Å². The standard InChI is InChI=1S/C12H13N3O2/c1-2-17-12(16)11-7-10(14-15-11)8-4-3-5-9(13)6-8/h3-7H,2,13H2,1H3,(H,14,15). The third kappa shape index (κ3) is 2.44. The van der Waals surface area contributed by atoms with Crippen molar-refractivity contribution in [2.75, 3.05) is 12.3 Å². The summed E-state index contributed by atoms with van der Waals surface area (Å²) in [6.07, 6.45) is 0. The van der Waals surface area contributed by atoms with Crippen LogP contribution in [-0.4, -0.2) is 22.8 Å². The van der Waals surface area contributed by atoms with Gasteiger partial charge in [0.15, 0.2) is 0 Å². The Morgan fingerprint density at radius 1 is 1.47 bits per heavy atom. The lowest BCUT2D eigenvalue weighted by Gasteiger charge is -1.97. The van der Waals surface area contributed by atoms with Gasteiger partial charge in [0.25, 0.3) is 0 Å². The van der Waals surface area contributed by atoms with Crippen molar-refractivity contribution in [2.24, 2.45) is 0 Å². The van der Waals surface area contributed by atoms with Gasteiger partial charge in [-0.05, 0) is 25.1 Å². The number of nitrogens with zero attached hydrogens (tertiary/aromatic N) is 1. The lowest BCUT2D eigenvalue weighted by Crippen LogP contribution is -2.04. The van der Waals surface area contributed by atoms with E-state index in [1.54, 1.807) is 25.1 Å². The summed E-state index contributed by atoms with van der Waals surface area (Å²) in [6.45, 7) is 2.10. The smallest absolute Gasteiger partial charge is 0.356 e. The van der Waals surface area contributed by atoms with Gasteiger partial charge in [-0.25, -0.2) is 4.79 Å². The second kappa shape index (κ2) is 4.69. The minimum atomic E-state index is -0.407. The molecule has 1 aromatic heterocycles. The molecule has 0 aliphatic rings. The predicted molar refractivity (Wildman–Crippen MR) is 64.4 cm³/mol. The molecule has 2 aromatic rings. The number of nitrogens with two attached hydrogens (primary N) is 1. The fourth-order valence-electron chi connectivity index (χ4n) is 1.48. The fraction of sp³-hybridized carbons (Fsp3) is 0.167. The molecule has 2 rings (SSSR count). The van der Waals surface area contributed by atoms with E-state index >= 15 is 0 Å². The van der Waals surface area contributed by atoms with Crippen LogP contribution in [0.2, 0.25) is 0 Å². The second-order valence-corrected chi connectivity index (χ2v) is 3.51. The minimum absolute atomic E-state index is 0.337. The molecule has 0 bridgehead atoms.